The van der Waals surface area contributed by atoms with Crippen LogP contribution in [0.2, 0.25) is 0 Å². The molecule has 0 atom stereocenters. The summed E-state index contributed by atoms with van der Waals surface area (Å²) in [5, 5.41) is 24.1. The van der Waals surface area contributed by atoms with Crippen molar-refractivity contribution in [2.75, 3.05) is 0 Å². The molecule has 0 radical (unpaired) electrons. The van der Waals surface area contributed by atoms with Crippen LogP contribution in [0.25, 0.3) is 0 Å². The molecule has 1 rings (SSSR count). The summed E-state index contributed by atoms with van der Waals surface area (Å²) in [6.45, 7) is 2.02. The highest BCUT2D eigenvalue weighted by atomic mass is 16.4. The molecule has 0 spiro atoms. The number of hydrogen-bond acceptors (Lipinski definition) is 3. The van der Waals surface area contributed by atoms with Crippen LogP contribution >= 0.6 is 0 Å². The third kappa shape index (κ3) is 1.81. The molecule has 0 aromatic carbocycles. The first-order chi connectivity index (χ1) is 5.25. The van der Waals surface area contributed by atoms with E-state index < -0.39 is 7.12 Å². The molecule has 4 nitrogen and oxygen atoms in total. The fraction of sp³-hybridized carbons (Fsp3) is 0.500. The topological polar surface area (TPSA) is 69.1 Å². The minimum absolute atomic E-state index is 0.479. The maximum atomic E-state index is 8.82. The zero-order valence-corrected chi connectivity index (χ0v) is 6.41. The Morgan fingerprint density at radius 1 is 1.64 bits per heavy atom. The molecule has 11 heavy (non-hydrogen) atoms. The molecule has 0 fully saturated rings. The number of aryl methyl sites for hydroxylation is 1. The average Bonchev–Trinajstić information content (AvgIpc) is 2.36. The van der Waals surface area contributed by atoms with E-state index in [1.54, 1.807) is 0 Å². The summed E-state index contributed by atoms with van der Waals surface area (Å²) >= 11 is 0. The smallest absolute Gasteiger partial charge is 0.423 e. The van der Waals surface area contributed by atoms with E-state index in [4.69, 9.17) is 10.0 Å². The van der Waals surface area contributed by atoms with Gasteiger partial charge in [0.25, 0.3) is 0 Å². The van der Waals surface area contributed by atoms with Crippen molar-refractivity contribution in [1.82, 2.24) is 10.2 Å². The van der Waals surface area contributed by atoms with Crippen LogP contribution in [0.3, 0.4) is 0 Å². The summed E-state index contributed by atoms with van der Waals surface area (Å²) in [4.78, 5) is 0. The maximum absolute atomic E-state index is 8.82. The summed E-state index contributed by atoms with van der Waals surface area (Å²) < 4.78 is 0. The molecule has 0 unspecified atom stereocenters. The standard InChI is InChI=1S/C6H11BN2O2/c1-2-3-6-5(7(10)11)4-8-9-6/h4,10-11H,2-3H2,1H3,(H,8,9). The Morgan fingerprint density at radius 3 is 2.91 bits per heavy atom. The van der Waals surface area contributed by atoms with Gasteiger partial charge in [0, 0.05) is 17.4 Å². The third-order valence-corrected chi connectivity index (χ3v) is 1.53. The van der Waals surface area contributed by atoms with Gasteiger partial charge in [0.15, 0.2) is 0 Å². The number of rotatable bonds is 3. The van der Waals surface area contributed by atoms with Crippen LogP contribution in [0.4, 0.5) is 0 Å². The minimum Gasteiger partial charge on any atom is -0.423 e. The molecule has 5 heteroatoms. The van der Waals surface area contributed by atoms with Gasteiger partial charge in [-0.1, -0.05) is 13.3 Å². The highest BCUT2D eigenvalue weighted by Crippen LogP contribution is 1.94. The van der Waals surface area contributed by atoms with Gasteiger partial charge in [-0.15, -0.1) is 0 Å². The highest BCUT2D eigenvalue weighted by molar-refractivity contribution is 6.59. The van der Waals surface area contributed by atoms with Gasteiger partial charge < -0.3 is 10.0 Å². The molecular weight excluding hydrogens is 143 g/mol. The molecule has 60 valence electrons. The number of aromatic amines is 1. The van der Waals surface area contributed by atoms with E-state index in [1.165, 1.54) is 6.20 Å². The van der Waals surface area contributed by atoms with Crippen molar-refractivity contribution >= 4 is 12.6 Å². The molecule has 1 aromatic rings. The van der Waals surface area contributed by atoms with Crippen LogP contribution in [-0.2, 0) is 6.42 Å². The molecular formula is C6H11BN2O2. The Morgan fingerprint density at radius 2 is 2.36 bits per heavy atom. The van der Waals surface area contributed by atoms with Crippen molar-refractivity contribution in [1.29, 1.82) is 0 Å². The average molecular weight is 154 g/mol. The van der Waals surface area contributed by atoms with E-state index in [0.29, 0.717) is 5.46 Å². The summed E-state index contributed by atoms with van der Waals surface area (Å²) in [5.74, 6) is 0. The summed E-state index contributed by atoms with van der Waals surface area (Å²) in [7, 11) is -1.41. The van der Waals surface area contributed by atoms with E-state index >= 15 is 0 Å². The van der Waals surface area contributed by atoms with Gasteiger partial charge in [-0.25, -0.2) is 0 Å². The van der Waals surface area contributed by atoms with E-state index in [-0.39, 0.29) is 0 Å². The molecule has 3 N–H and O–H groups in total. The molecule has 0 aliphatic rings. The predicted octanol–water partition coefficient (Wildman–Crippen LogP) is -0.958. The van der Waals surface area contributed by atoms with Crippen LogP contribution in [0, 0.1) is 0 Å². The van der Waals surface area contributed by atoms with Crippen molar-refractivity contribution in [3.63, 3.8) is 0 Å². The van der Waals surface area contributed by atoms with Gasteiger partial charge in [-0.2, -0.15) is 5.10 Å². The van der Waals surface area contributed by atoms with Crippen LogP contribution in [-0.4, -0.2) is 27.4 Å². The van der Waals surface area contributed by atoms with Crippen LogP contribution < -0.4 is 5.46 Å². The number of nitrogens with one attached hydrogen (secondary N) is 1. The predicted molar refractivity (Wildman–Crippen MR) is 42.4 cm³/mol. The van der Waals surface area contributed by atoms with E-state index in [2.05, 4.69) is 10.2 Å². The maximum Gasteiger partial charge on any atom is 0.491 e. The largest absolute Gasteiger partial charge is 0.491 e. The normalized spacial score (nSPS) is 10.1. The van der Waals surface area contributed by atoms with Crippen LogP contribution in [0.1, 0.15) is 19.0 Å². The fourth-order valence-electron chi connectivity index (χ4n) is 0.995. The number of hydrogen-bond donors (Lipinski definition) is 3. The lowest BCUT2D eigenvalue weighted by atomic mass is 9.80. The monoisotopic (exact) mass is 154 g/mol. The zero-order chi connectivity index (χ0) is 8.27. The molecule has 0 amide bonds. The summed E-state index contributed by atoms with van der Waals surface area (Å²) in [5.41, 5.74) is 1.29. The van der Waals surface area contributed by atoms with Crippen LogP contribution in [0.5, 0.6) is 0 Å². The molecule has 0 saturated carbocycles. The summed E-state index contributed by atoms with van der Waals surface area (Å²) in [6.07, 6.45) is 3.20. The molecule has 0 saturated heterocycles. The Balaban J connectivity index is 2.78. The highest BCUT2D eigenvalue weighted by Gasteiger charge is 2.16. The van der Waals surface area contributed by atoms with Gasteiger partial charge in [-0.3, -0.25) is 5.10 Å². The Labute approximate surface area is 65.4 Å². The van der Waals surface area contributed by atoms with Gasteiger partial charge in [-0.05, 0) is 6.42 Å². The number of aromatic nitrogens is 2. The Kier molecular flexibility index (Phi) is 2.67. The number of H-pyrrole nitrogens is 1. The van der Waals surface area contributed by atoms with E-state index in [1.807, 2.05) is 6.92 Å². The fourth-order valence-corrected chi connectivity index (χ4v) is 0.995. The van der Waals surface area contributed by atoms with Gasteiger partial charge in [0.05, 0.1) is 0 Å². The lowest BCUT2D eigenvalue weighted by molar-refractivity contribution is 0.425. The first-order valence-corrected chi connectivity index (χ1v) is 3.64. The van der Waals surface area contributed by atoms with Gasteiger partial charge in [0.1, 0.15) is 0 Å². The van der Waals surface area contributed by atoms with Crippen molar-refractivity contribution < 1.29 is 10.0 Å². The quantitative estimate of drug-likeness (QED) is 0.491. The van der Waals surface area contributed by atoms with E-state index in [9.17, 15) is 0 Å². The minimum atomic E-state index is -1.41. The molecule has 1 heterocycles. The molecule has 1 aromatic heterocycles. The van der Waals surface area contributed by atoms with E-state index in [0.717, 1.165) is 18.5 Å². The molecule has 0 bridgehead atoms. The zero-order valence-electron chi connectivity index (χ0n) is 6.41. The van der Waals surface area contributed by atoms with Crippen molar-refractivity contribution in [2.45, 2.75) is 19.8 Å². The second kappa shape index (κ2) is 3.55. The SMILES string of the molecule is CCCc1[nH]ncc1B(O)O. The number of nitrogens with zero attached hydrogens (tertiary/aromatic N) is 1. The molecule has 0 aliphatic carbocycles. The third-order valence-electron chi connectivity index (χ3n) is 1.53. The first-order valence-electron chi connectivity index (χ1n) is 3.64. The van der Waals surface area contributed by atoms with Crippen molar-refractivity contribution in [2.24, 2.45) is 0 Å². The van der Waals surface area contributed by atoms with Crippen molar-refractivity contribution in [3.05, 3.63) is 11.9 Å². The van der Waals surface area contributed by atoms with Crippen LogP contribution in [0.15, 0.2) is 6.20 Å². The van der Waals surface area contributed by atoms with Gasteiger partial charge >= 0.3 is 7.12 Å². The Bertz CT molecular complexity index is 224. The van der Waals surface area contributed by atoms with Crippen molar-refractivity contribution in [3.8, 4) is 0 Å². The first kappa shape index (κ1) is 8.29. The molecule has 0 aliphatic heterocycles. The second-order valence-electron chi connectivity index (χ2n) is 2.43. The Hall–Kier alpha value is -0.805. The lowest BCUT2D eigenvalue weighted by Gasteiger charge is -1.97. The van der Waals surface area contributed by atoms with Gasteiger partial charge in [0.2, 0.25) is 0 Å². The summed E-state index contributed by atoms with van der Waals surface area (Å²) in [6, 6.07) is 0. The second-order valence-corrected chi connectivity index (χ2v) is 2.43. The lowest BCUT2D eigenvalue weighted by Crippen LogP contribution is -2.31.